The third kappa shape index (κ3) is 2.67. The zero-order chi connectivity index (χ0) is 14.8. The lowest BCUT2D eigenvalue weighted by Crippen LogP contribution is -2.42. The Labute approximate surface area is 125 Å². The van der Waals surface area contributed by atoms with E-state index in [1.54, 1.807) is 0 Å². The van der Waals surface area contributed by atoms with E-state index in [-0.39, 0.29) is 12.1 Å². The second-order valence-corrected chi connectivity index (χ2v) is 5.80. The highest BCUT2D eigenvalue weighted by atomic mass is 16.5. The van der Waals surface area contributed by atoms with E-state index >= 15 is 0 Å². The Kier molecular flexibility index (Phi) is 4.19. The molecule has 0 amide bonds. The molecule has 1 aliphatic rings. The first-order valence-corrected chi connectivity index (χ1v) is 7.58. The van der Waals surface area contributed by atoms with Crippen LogP contribution in [0.3, 0.4) is 0 Å². The molecule has 112 valence electrons. The molecule has 0 radical (unpaired) electrons. The van der Waals surface area contributed by atoms with Crippen LogP contribution in [0.15, 0.2) is 36.7 Å². The molecule has 2 aromatic rings. The smallest absolute Gasteiger partial charge is 0.0703 e. The number of pyridine rings is 1. The zero-order valence-corrected chi connectivity index (χ0v) is 12.7. The average molecular weight is 285 g/mol. The molecule has 3 unspecified atom stereocenters. The standard InChI is InChI=1S/C17H23N3O/c1-12-16(7-8-21-12)20(2)17(9-18)15-11-19-10-13-5-3-4-6-14(13)15/h3-6,10-12,16-17H,7-9,18H2,1-2H3. The molecule has 4 nitrogen and oxygen atoms in total. The zero-order valence-electron chi connectivity index (χ0n) is 12.7. The van der Waals surface area contributed by atoms with E-state index in [2.05, 4.69) is 42.1 Å². The van der Waals surface area contributed by atoms with E-state index in [4.69, 9.17) is 10.5 Å². The lowest BCUT2D eigenvalue weighted by molar-refractivity contribution is 0.0688. The van der Waals surface area contributed by atoms with E-state index in [1.807, 2.05) is 18.5 Å². The number of aromatic nitrogens is 1. The van der Waals surface area contributed by atoms with Gasteiger partial charge in [0, 0.05) is 43.0 Å². The Morgan fingerprint density at radius 1 is 1.38 bits per heavy atom. The summed E-state index contributed by atoms with van der Waals surface area (Å²) in [5, 5.41) is 2.40. The summed E-state index contributed by atoms with van der Waals surface area (Å²) in [6, 6.07) is 8.94. The molecular weight excluding hydrogens is 262 g/mol. The summed E-state index contributed by atoms with van der Waals surface area (Å²) in [6.07, 6.45) is 5.18. The van der Waals surface area contributed by atoms with Crippen LogP contribution in [0, 0.1) is 0 Å². The number of benzene rings is 1. The largest absolute Gasteiger partial charge is 0.377 e. The van der Waals surface area contributed by atoms with Gasteiger partial charge in [-0.2, -0.15) is 0 Å². The van der Waals surface area contributed by atoms with Crippen LogP contribution in [-0.4, -0.2) is 42.2 Å². The Morgan fingerprint density at radius 3 is 2.90 bits per heavy atom. The minimum Gasteiger partial charge on any atom is -0.377 e. The van der Waals surface area contributed by atoms with Gasteiger partial charge in [0.15, 0.2) is 0 Å². The molecule has 2 N–H and O–H groups in total. The van der Waals surface area contributed by atoms with Crippen LogP contribution in [-0.2, 0) is 4.74 Å². The monoisotopic (exact) mass is 285 g/mol. The van der Waals surface area contributed by atoms with Gasteiger partial charge in [-0.1, -0.05) is 24.3 Å². The van der Waals surface area contributed by atoms with E-state index in [0.29, 0.717) is 12.6 Å². The number of fused-ring (bicyclic) bond motifs is 1. The quantitative estimate of drug-likeness (QED) is 0.937. The van der Waals surface area contributed by atoms with Crippen LogP contribution in [0.4, 0.5) is 0 Å². The number of ether oxygens (including phenoxy) is 1. The molecule has 21 heavy (non-hydrogen) atoms. The molecule has 0 bridgehead atoms. The van der Waals surface area contributed by atoms with E-state index < -0.39 is 0 Å². The lowest BCUT2D eigenvalue weighted by Gasteiger charge is -2.34. The summed E-state index contributed by atoms with van der Waals surface area (Å²) in [5.41, 5.74) is 7.31. The van der Waals surface area contributed by atoms with Crippen molar-refractivity contribution in [3.05, 3.63) is 42.2 Å². The molecular formula is C17H23N3O. The van der Waals surface area contributed by atoms with Crippen molar-refractivity contribution in [2.75, 3.05) is 20.2 Å². The fraction of sp³-hybridized carbons (Fsp3) is 0.471. The third-order valence-corrected chi connectivity index (χ3v) is 4.63. The minimum atomic E-state index is 0.165. The fourth-order valence-corrected chi connectivity index (χ4v) is 3.40. The first-order valence-electron chi connectivity index (χ1n) is 7.58. The van der Waals surface area contributed by atoms with Crippen molar-refractivity contribution in [2.24, 2.45) is 5.73 Å². The summed E-state index contributed by atoms with van der Waals surface area (Å²) in [6.45, 7) is 3.56. The van der Waals surface area contributed by atoms with Crippen molar-refractivity contribution in [3.63, 3.8) is 0 Å². The maximum Gasteiger partial charge on any atom is 0.0703 e. The molecule has 1 fully saturated rings. The van der Waals surface area contributed by atoms with Crippen LogP contribution < -0.4 is 5.73 Å². The van der Waals surface area contributed by atoms with Crippen molar-refractivity contribution >= 4 is 10.8 Å². The number of nitrogens with zero attached hydrogens (tertiary/aromatic N) is 2. The predicted molar refractivity (Wildman–Crippen MR) is 85.1 cm³/mol. The van der Waals surface area contributed by atoms with Crippen molar-refractivity contribution < 1.29 is 4.74 Å². The number of likely N-dealkylation sites (N-methyl/N-ethyl adjacent to an activating group) is 1. The highest BCUT2D eigenvalue weighted by molar-refractivity contribution is 5.85. The average Bonchev–Trinajstić information content (AvgIpc) is 2.94. The number of rotatable bonds is 4. The van der Waals surface area contributed by atoms with Gasteiger partial charge in [0.1, 0.15) is 0 Å². The fourth-order valence-electron chi connectivity index (χ4n) is 3.40. The van der Waals surface area contributed by atoms with E-state index in [0.717, 1.165) is 18.4 Å². The van der Waals surface area contributed by atoms with Crippen molar-refractivity contribution in [1.29, 1.82) is 0 Å². The number of hydrogen-bond acceptors (Lipinski definition) is 4. The predicted octanol–water partition coefficient (Wildman–Crippen LogP) is 2.34. The summed E-state index contributed by atoms with van der Waals surface area (Å²) in [5.74, 6) is 0. The van der Waals surface area contributed by atoms with Gasteiger partial charge in [-0.05, 0) is 31.3 Å². The normalized spacial score (nSPS) is 23.8. The molecule has 1 aromatic heterocycles. The molecule has 0 spiro atoms. The SMILES string of the molecule is CC1OCCC1N(C)C(CN)c1cncc2ccccc12. The Hall–Kier alpha value is -1.49. The third-order valence-electron chi connectivity index (χ3n) is 4.63. The van der Waals surface area contributed by atoms with Crippen molar-refractivity contribution in [2.45, 2.75) is 31.5 Å². The molecule has 0 aliphatic carbocycles. The first-order chi connectivity index (χ1) is 10.2. The lowest BCUT2D eigenvalue weighted by atomic mass is 9.98. The van der Waals surface area contributed by atoms with Gasteiger partial charge in [0.2, 0.25) is 0 Å². The second-order valence-electron chi connectivity index (χ2n) is 5.80. The number of nitrogens with two attached hydrogens (primary N) is 1. The van der Waals surface area contributed by atoms with Gasteiger partial charge in [0.05, 0.1) is 6.10 Å². The topological polar surface area (TPSA) is 51.4 Å². The van der Waals surface area contributed by atoms with Crippen LogP contribution in [0.25, 0.3) is 10.8 Å². The van der Waals surface area contributed by atoms with Gasteiger partial charge >= 0.3 is 0 Å². The van der Waals surface area contributed by atoms with E-state index in [9.17, 15) is 0 Å². The second kappa shape index (κ2) is 6.10. The van der Waals surface area contributed by atoms with Gasteiger partial charge in [-0.3, -0.25) is 9.88 Å². The Bertz CT molecular complexity index is 611. The van der Waals surface area contributed by atoms with Crippen molar-refractivity contribution in [3.8, 4) is 0 Å². The molecule has 0 saturated carbocycles. The van der Waals surface area contributed by atoms with E-state index in [1.165, 1.54) is 10.9 Å². The molecule has 3 atom stereocenters. The van der Waals surface area contributed by atoms with Gasteiger partial charge in [-0.25, -0.2) is 0 Å². The molecule has 2 heterocycles. The van der Waals surface area contributed by atoms with Crippen LogP contribution in [0.5, 0.6) is 0 Å². The van der Waals surface area contributed by atoms with Gasteiger partial charge < -0.3 is 10.5 Å². The summed E-state index contributed by atoms with van der Waals surface area (Å²) in [4.78, 5) is 6.76. The molecule has 1 aromatic carbocycles. The van der Waals surface area contributed by atoms with Crippen LogP contribution in [0.2, 0.25) is 0 Å². The summed E-state index contributed by atoms with van der Waals surface area (Å²) >= 11 is 0. The number of hydrogen-bond donors (Lipinski definition) is 1. The molecule has 1 saturated heterocycles. The highest BCUT2D eigenvalue weighted by Crippen LogP contribution is 2.30. The van der Waals surface area contributed by atoms with Gasteiger partial charge in [0.25, 0.3) is 0 Å². The highest BCUT2D eigenvalue weighted by Gasteiger charge is 2.32. The maximum atomic E-state index is 6.10. The minimum absolute atomic E-state index is 0.165. The maximum absolute atomic E-state index is 6.10. The Morgan fingerprint density at radius 2 is 2.19 bits per heavy atom. The first kappa shape index (κ1) is 14.4. The van der Waals surface area contributed by atoms with Crippen LogP contribution >= 0.6 is 0 Å². The van der Waals surface area contributed by atoms with Crippen LogP contribution in [0.1, 0.15) is 24.9 Å². The molecule has 3 rings (SSSR count). The van der Waals surface area contributed by atoms with Crippen molar-refractivity contribution in [1.82, 2.24) is 9.88 Å². The Balaban J connectivity index is 1.98. The van der Waals surface area contributed by atoms with Gasteiger partial charge in [-0.15, -0.1) is 0 Å². The summed E-state index contributed by atoms with van der Waals surface area (Å²) in [7, 11) is 2.15. The summed E-state index contributed by atoms with van der Waals surface area (Å²) < 4.78 is 5.71. The molecule has 1 aliphatic heterocycles. The molecule has 4 heteroatoms.